The van der Waals surface area contributed by atoms with Crippen LogP contribution >= 0.6 is 0 Å². The van der Waals surface area contributed by atoms with Gasteiger partial charge in [-0.1, -0.05) is 17.2 Å². The second kappa shape index (κ2) is 18.7. The quantitative estimate of drug-likeness (QED) is 0.111. The number of hydrogen-bond donors (Lipinski definition) is 12. The highest BCUT2D eigenvalue weighted by Gasteiger charge is 2.41. The van der Waals surface area contributed by atoms with Crippen molar-refractivity contribution in [3.8, 4) is 86.2 Å². The number of phenolic OH excluding ortho intramolecular Hbond substituents is 9. The Morgan fingerprint density at radius 3 is 0.821 bits per heavy atom. The highest BCUT2D eigenvalue weighted by molar-refractivity contribution is 6.07. The van der Waals surface area contributed by atoms with Gasteiger partial charge in [0.05, 0.1) is 16.7 Å². The predicted molar refractivity (Wildman–Crippen MR) is 219 cm³/mol. The van der Waals surface area contributed by atoms with Crippen molar-refractivity contribution in [3.05, 3.63) is 124 Å². The van der Waals surface area contributed by atoms with Gasteiger partial charge >= 0.3 is 0 Å². The molecule has 21 nitrogen and oxygen atoms in total. The molecule has 22 heteroatoms. The van der Waals surface area contributed by atoms with E-state index in [1.165, 1.54) is 36.4 Å². The van der Waals surface area contributed by atoms with Crippen molar-refractivity contribution in [2.24, 2.45) is 0 Å². The van der Waals surface area contributed by atoms with E-state index in [4.69, 9.17) is 14.2 Å². The summed E-state index contributed by atoms with van der Waals surface area (Å²) in [7, 11) is 0. The number of aromatic hydroxyl groups is 9. The summed E-state index contributed by atoms with van der Waals surface area (Å²) in [5.41, 5.74) is -0.834. The summed E-state index contributed by atoms with van der Waals surface area (Å²) in [6.45, 7) is 0. The Hall–Kier alpha value is -8.26. The summed E-state index contributed by atoms with van der Waals surface area (Å²) in [4.78, 5) is 36.5. The topological polar surface area (TPSA) is 391 Å². The Morgan fingerprint density at radius 2 is 0.597 bits per heavy atom. The van der Waals surface area contributed by atoms with Crippen LogP contribution in [0.4, 0.5) is 0 Å². The average molecular weight is 937 g/mol. The molecule has 0 aromatic heterocycles. The molecule has 3 radical (unpaired) electrons. The summed E-state index contributed by atoms with van der Waals surface area (Å²) >= 11 is 0. The van der Waals surface area contributed by atoms with E-state index in [1.54, 1.807) is 0 Å². The fourth-order valence-corrected chi connectivity index (χ4v) is 7.21. The van der Waals surface area contributed by atoms with Crippen molar-refractivity contribution in [1.82, 2.24) is 0 Å². The predicted octanol–water partition coefficient (Wildman–Crippen LogP) is 1.28. The van der Waals surface area contributed by atoms with Crippen LogP contribution in [0.3, 0.4) is 0 Å². The monoisotopic (exact) mass is 936 g/mol. The molecule has 0 spiro atoms. The van der Waals surface area contributed by atoms with Crippen LogP contribution in [0.5, 0.6) is 86.2 Å². The molecule has 6 aromatic carbocycles. The molecule has 0 amide bonds. The molecule has 345 valence electrons. The van der Waals surface area contributed by atoms with Crippen LogP contribution in [0.1, 0.15) is 66.1 Å². The van der Waals surface area contributed by atoms with Crippen molar-refractivity contribution in [3.63, 3.8) is 0 Å². The van der Waals surface area contributed by atoms with Crippen LogP contribution < -0.4 is 29.5 Å². The van der Waals surface area contributed by atoms with Gasteiger partial charge in [0.2, 0.25) is 0 Å². The molecule has 6 atom stereocenters. The van der Waals surface area contributed by atoms with Crippen LogP contribution in [-0.2, 0) is 0 Å². The Labute approximate surface area is 386 Å². The molecule has 9 rings (SSSR count). The van der Waals surface area contributed by atoms with E-state index in [2.05, 4.69) is 0 Å². The van der Waals surface area contributed by atoms with Gasteiger partial charge in [-0.3, -0.25) is 14.4 Å². The van der Waals surface area contributed by atoms with Crippen LogP contribution in [0.2, 0.25) is 0 Å². The van der Waals surface area contributed by atoms with E-state index in [9.17, 15) is 91.0 Å². The molecule has 3 aliphatic heterocycles. The second-order valence-corrected chi connectivity index (χ2v) is 14.7. The molecule has 12 N–H and O–H groups in total. The summed E-state index contributed by atoms with van der Waals surface area (Å²) in [6.07, 6.45) is -8.87. The highest BCUT2D eigenvalue weighted by Crippen LogP contribution is 2.46. The van der Waals surface area contributed by atoms with Gasteiger partial charge in [-0.05, 0) is 54.6 Å². The van der Waals surface area contributed by atoms with E-state index in [-0.39, 0.29) is 120 Å². The van der Waals surface area contributed by atoms with E-state index in [1.807, 2.05) is 0 Å². The van der Waals surface area contributed by atoms with Crippen molar-refractivity contribution < 1.29 is 105 Å². The first-order valence-electron chi connectivity index (χ1n) is 19.0. The van der Waals surface area contributed by atoms with Gasteiger partial charge < -0.3 is 90.8 Å². The fraction of sp³-hybridized carbons (Fsp3) is 0.133. The van der Waals surface area contributed by atoms with E-state index >= 15 is 0 Å². The lowest BCUT2D eigenvalue weighted by molar-refractivity contribution is -0.269. The molecular formula is C45H33AlO21-3. The van der Waals surface area contributed by atoms with Crippen molar-refractivity contribution >= 4 is 34.7 Å². The van der Waals surface area contributed by atoms with Crippen LogP contribution in [0, 0.1) is 0 Å². The lowest BCUT2D eigenvalue weighted by Crippen LogP contribution is -2.36. The molecule has 67 heavy (non-hydrogen) atoms. The third-order valence-corrected chi connectivity index (χ3v) is 10.3. The third-order valence-electron chi connectivity index (χ3n) is 10.3. The number of ether oxygens (including phenoxy) is 3. The van der Waals surface area contributed by atoms with E-state index < -0.39 is 71.2 Å². The Balaban J connectivity index is 0.000000165. The van der Waals surface area contributed by atoms with E-state index in [0.29, 0.717) is 0 Å². The minimum absolute atomic E-state index is 0. The number of rotatable bonds is 3. The first-order valence-corrected chi connectivity index (χ1v) is 19.0. The van der Waals surface area contributed by atoms with Crippen molar-refractivity contribution in [2.45, 2.75) is 36.6 Å². The van der Waals surface area contributed by atoms with Gasteiger partial charge in [0.1, 0.15) is 69.0 Å². The molecule has 0 saturated heterocycles. The molecule has 3 heterocycles. The summed E-state index contributed by atoms with van der Waals surface area (Å²) < 4.78 is 16.2. The van der Waals surface area contributed by atoms with Gasteiger partial charge in [0, 0.05) is 70.4 Å². The zero-order valence-corrected chi connectivity index (χ0v) is 34.9. The molecule has 0 bridgehead atoms. The van der Waals surface area contributed by atoms with Crippen molar-refractivity contribution in [1.29, 1.82) is 0 Å². The van der Waals surface area contributed by atoms with Gasteiger partial charge in [-0.2, -0.15) is 0 Å². The second-order valence-electron chi connectivity index (χ2n) is 14.7. The molecule has 0 saturated carbocycles. The zero-order chi connectivity index (χ0) is 48.0. The molecule has 3 aliphatic rings. The summed E-state index contributed by atoms with van der Waals surface area (Å²) in [5.74, 6) is -8.18. The minimum Gasteiger partial charge on any atom is -0.872 e. The van der Waals surface area contributed by atoms with Crippen LogP contribution in [0.15, 0.2) is 91.0 Å². The smallest absolute Gasteiger partial charge is 0.198 e. The normalized spacial score (nSPS) is 20.0. The maximum Gasteiger partial charge on any atom is 0.198 e. The third kappa shape index (κ3) is 9.32. The number of aliphatic hydroxyl groups is 3. The minimum atomic E-state index is -1.69. The van der Waals surface area contributed by atoms with Gasteiger partial charge in [-0.25, -0.2) is 0 Å². The van der Waals surface area contributed by atoms with Crippen LogP contribution in [0.25, 0.3) is 0 Å². The largest absolute Gasteiger partial charge is 0.872 e. The molecule has 6 aromatic rings. The number of carbonyl (C=O) groups is 3. The SMILES string of the molecule is O=C1c2c([O-])cc(O)cc2OC(c2ccc(O)cc2O)C1O.O=C1c2c([O-])cc(O)cc2OC(c2ccc(O)cc2O)C1O.O=C1c2c([O-])cc(O)cc2OC(c2ccc(O)cc2O)C1O.[Al]. The van der Waals surface area contributed by atoms with Gasteiger partial charge in [0.15, 0.2) is 54.0 Å². The molecule has 0 fully saturated rings. The van der Waals surface area contributed by atoms with E-state index in [0.717, 1.165) is 54.6 Å². The maximum absolute atomic E-state index is 12.2. The number of hydrogen-bond acceptors (Lipinski definition) is 21. The number of carbonyl (C=O) groups excluding carboxylic acids is 3. The number of phenols is 9. The average Bonchev–Trinajstić information content (AvgIpc) is 3.22. The van der Waals surface area contributed by atoms with Crippen LogP contribution in [-0.4, -0.2) is 114 Å². The number of aliphatic hydroxyl groups excluding tert-OH is 3. The molecule has 0 aliphatic carbocycles. The lowest BCUT2D eigenvalue weighted by atomic mass is 9.92. The maximum atomic E-state index is 12.2. The number of fused-ring (bicyclic) bond motifs is 3. The lowest BCUT2D eigenvalue weighted by Gasteiger charge is -2.32. The zero-order valence-electron chi connectivity index (χ0n) is 33.7. The molecule has 6 unspecified atom stereocenters. The Kier molecular flexibility index (Phi) is 13.4. The Morgan fingerprint density at radius 1 is 0.358 bits per heavy atom. The van der Waals surface area contributed by atoms with Gasteiger partial charge in [0.25, 0.3) is 0 Å². The molecular weight excluding hydrogens is 903 g/mol. The fourth-order valence-electron chi connectivity index (χ4n) is 7.21. The number of ketones is 3. The van der Waals surface area contributed by atoms with Gasteiger partial charge in [-0.15, -0.1) is 0 Å². The summed E-state index contributed by atoms with van der Waals surface area (Å²) in [5, 5.41) is 151. The first kappa shape index (κ1) is 48.2. The highest BCUT2D eigenvalue weighted by atomic mass is 27.0. The standard InChI is InChI=1S/3C15H12O7.Al/c3*16-6-1-2-8(9(18)3-6)15-14(21)13(20)12-10(19)4-7(17)5-11(12)22-15;/h3*1-5,14-19,21H;/p-3. The van der Waals surface area contributed by atoms with Crippen molar-refractivity contribution in [2.75, 3.05) is 0 Å². The number of Topliss-reactive ketones (excluding diaryl/α,β-unsaturated/α-hetero) is 3. The number of benzene rings is 6. The summed E-state index contributed by atoms with van der Waals surface area (Å²) in [6, 6.07) is 16.6. The Bertz CT molecular complexity index is 2630. The first-order chi connectivity index (χ1) is 31.1.